The number of aliphatic hydroxyl groups is 3. The minimum atomic E-state index is -1.38. The van der Waals surface area contributed by atoms with Gasteiger partial charge in [-0.05, 0) is 82.1 Å². The molecule has 0 bridgehead atoms. The van der Waals surface area contributed by atoms with Gasteiger partial charge in [-0.3, -0.25) is 14.4 Å². The number of ether oxygens (including phenoxy) is 4. The van der Waals surface area contributed by atoms with Crippen LogP contribution < -0.4 is 0 Å². The molecular weight excluding hydrogens is 672 g/mol. The Morgan fingerprint density at radius 2 is 1.46 bits per heavy atom. The van der Waals surface area contributed by atoms with E-state index < -0.39 is 60.6 Å². The van der Waals surface area contributed by atoms with Gasteiger partial charge in [-0.2, -0.15) is 0 Å². The van der Waals surface area contributed by atoms with Crippen molar-refractivity contribution in [2.75, 3.05) is 7.11 Å². The molecule has 52 heavy (non-hydrogen) atoms. The Balaban J connectivity index is 1.97. The number of ketones is 2. The molecule has 2 aliphatic heterocycles. The summed E-state index contributed by atoms with van der Waals surface area (Å²) in [7, 11) is 1.33. The summed E-state index contributed by atoms with van der Waals surface area (Å²) in [6.07, 6.45) is 0.702. The van der Waals surface area contributed by atoms with Crippen molar-refractivity contribution >= 4 is 23.5 Å². The topological polar surface area (TPSA) is 186 Å². The molecule has 2 rings (SSSR count). The molecule has 2 heterocycles. The molecule has 0 aromatic carbocycles. The van der Waals surface area contributed by atoms with Crippen molar-refractivity contribution in [3.05, 3.63) is 11.6 Å². The minimum Gasteiger partial charge on any atom is -0.478 e. The maximum atomic E-state index is 13.3. The predicted molar refractivity (Wildman–Crippen MR) is 195 cm³/mol. The Bertz CT molecular complexity index is 1200. The number of hydrogen-bond donors (Lipinski definition) is 4. The second kappa shape index (κ2) is 21.0. The fourth-order valence-corrected chi connectivity index (χ4v) is 7.48. The number of aliphatic hydroxyl groups excluding tert-OH is 3. The summed E-state index contributed by atoms with van der Waals surface area (Å²) in [6.45, 7) is 16.6. The third kappa shape index (κ3) is 13.6. The average molecular weight is 741 g/mol. The van der Waals surface area contributed by atoms with E-state index in [2.05, 4.69) is 20.8 Å². The lowest BCUT2D eigenvalue weighted by atomic mass is 9.79. The van der Waals surface area contributed by atoms with Crippen molar-refractivity contribution in [3.8, 4) is 0 Å². The van der Waals surface area contributed by atoms with Gasteiger partial charge in [0.05, 0.1) is 36.9 Å². The number of hydrogen-bond acceptors (Lipinski definition) is 11. The van der Waals surface area contributed by atoms with Crippen molar-refractivity contribution in [1.29, 1.82) is 0 Å². The zero-order chi connectivity index (χ0) is 39.5. The highest BCUT2D eigenvalue weighted by Gasteiger charge is 2.47. The zero-order valence-electron chi connectivity index (χ0n) is 33.2. The second-order valence-electron chi connectivity index (χ2n) is 16.2. The van der Waals surface area contributed by atoms with E-state index in [0.29, 0.717) is 24.7 Å². The van der Waals surface area contributed by atoms with Crippen molar-refractivity contribution in [2.45, 2.75) is 175 Å². The van der Waals surface area contributed by atoms with Gasteiger partial charge in [-0.1, -0.05) is 48.5 Å². The van der Waals surface area contributed by atoms with Gasteiger partial charge < -0.3 is 39.4 Å². The smallest absolute Gasteiger partial charge is 0.331 e. The monoisotopic (exact) mass is 740 g/mol. The lowest BCUT2D eigenvalue weighted by Crippen LogP contribution is -2.53. The quantitative estimate of drug-likeness (QED) is 0.0867. The van der Waals surface area contributed by atoms with Crippen LogP contribution in [0.5, 0.6) is 0 Å². The van der Waals surface area contributed by atoms with Crippen LogP contribution in [0.15, 0.2) is 11.6 Å². The molecule has 0 amide bonds. The van der Waals surface area contributed by atoms with Crippen LogP contribution in [0.3, 0.4) is 0 Å². The average Bonchev–Trinajstić information content (AvgIpc) is 3.07. The van der Waals surface area contributed by atoms with Gasteiger partial charge in [-0.25, -0.2) is 4.79 Å². The summed E-state index contributed by atoms with van der Waals surface area (Å²) in [5.74, 6) is -3.15. The van der Waals surface area contributed by atoms with Crippen molar-refractivity contribution in [1.82, 2.24) is 0 Å². The van der Waals surface area contributed by atoms with Crippen molar-refractivity contribution in [3.63, 3.8) is 0 Å². The number of esters is 1. The third-order valence-corrected chi connectivity index (χ3v) is 11.5. The lowest BCUT2D eigenvalue weighted by molar-refractivity contribution is -0.338. The third-order valence-electron chi connectivity index (χ3n) is 11.5. The van der Waals surface area contributed by atoms with Crippen LogP contribution in [0, 0.1) is 35.5 Å². The number of rotatable bonds is 21. The maximum Gasteiger partial charge on any atom is 0.331 e. The Labute approximate surface area is 311 Å². The fraction of sp³-hybridized carbons (Fsp3) is 0.850. The molecule has 2 aliphatic rings. The predicted octanol–water partition coefficient (Wildman–Crippen LogP) is 5.42. The Hall–Kier alpha value is -2.22. The first kappa shape index (κ1) is 45.9. The summed E-state index contributed by atoms with van der Waals surface area (Å²) in [6, 6.07) is 0. The molecule has 0 aromatic rings. The van der Waals surface area contributed by atoms with Crippen LogP contribution in [0.25, 0.3) is 0 Å². The van der Waals surface area contributed by atoms with E-state index >= 15 is 0 Å². The van der Waals surface area contributed by atoms with Crippen LogP contribution in [-0.4, -0.2) is 99.6 Å². The molecule has 0 aromatic heterocycles. The number of carbonyl (C=O) groups excluding carboxylic acids is 3. The fourth-order valence-electron chi connectivity index (χ4n) is 7.48. The minimum absolute atomic E-state index is 0.00768. The number of methoxy groups -OCH3 is 1. The van der Waals surface area contributed by atoms with Crippen LogP contribution in [0.2, 0.25) is 0 Å². The Kier molecular flexibility index (Phi) is 18.6. The largest absolute Gasteiger partial charge is 0.478 e. The van der Waals surface area contributed by atoms with Crippen LogP contribution in [0.1, 0.15) is 127 Å². The van der Waals surface area contributed by atoms with Gasteiger partial charge in [0.25, 0.3) is 0 Å². The normalized spacial score (nSPS) is 28.7. The van der Waals surface area contributed by atoms with Crippen LogP contribution in [-0.2, 0) is 38.1 Å². The van der Waals surface area contributed by atoms with Gasteiger partial charge in [-0.15, -0.1) is 0 Å². The summed E-state index contributed by atoms with van der Waals surface area (Å²) < 4.78 is 24.6. The summed E-state index contributed by atoms with van der Waals surface area (Å²) >= 11 is 0. The molecule has 2 saturated heterocycles. The number of aliphatic carboxylic acids is 1. The van der Waals surface area contributed by atoms with E-state index in [0.717, 1.165) is 44.6 Å². The highest BCUT2D eigenvalue weighted by atomic mass is 16.7. The SMILES string of the molecule is CO[C@@H]([C@H](O)CC(=O)[C@@H](C)[C@@H](O)CC[C@@H](C)[C@@H]1O[C@]2(CC[C@@H](C)[C@H](CC[C@H](C)C(C)=O)O2)CC[C@@H]1C)[C@H](OC(=O)C[C@@H](O)/C=C(\C)C(=O)O)C(C)C. The molecule has 13 atom stereocenters. The van der Waals surface area contributed by atoms with E-state index in [9.17, 15) is 34.5 Å². The molecule has 2 fully saturated rings. The zero-order valence-corrected chi connectivity index (χ0v) is 33.2. The molecule has 300 valence electrons. The van der Waals surface area contributed by atoms with Crippen LogP contribution >= 0.6 is 0 Å². The number of carboxylic acid groups (broad SMARTS) is 1. The Morgan fingerprint density at radius 1 is 0.846 bits per heavy atom. The molecule has 4 N–H and O–H groups in total. The van der Waals surface area contributed by atoms with Gasteiger partial charge in [0.2, 0.25) is 0 Å². The first-order valence-electron chi connectivity index (χ1n) is 19.3. The van der Waals surface area contributed by atoms with E-state index in [-0.39, 0.29) is 53.5 Å². The van der Waals surface area contributed by atoms with Gasteiger partial charge >= 0.3 is 11.9 Å². The van der Waals surface area contributed by atoms with Crippen molar-refractivity contribution < 1.29 is 58.6 Å². The first-order chi connectivity index (χ1) is 24.2. The molecule has 12 nitrogen and oxygen atoms in total. The van der Waals surface area contributed by atoms with E-state index in [1.54, 1.807) is 27.7 Å². The van der Waals surface area contributed by atoms with E-state index in [1.807, 2.05) is 6.92 Å². The molecule has 0 aliphatic carbocycles. The highest BCUT2D eigenvalue weighted by molar-refractivity contribution is 5.86. The van der Waals surface area contributed by atoms with Crippen molar-refractivity contribution in [2.24, 2.45) is 35.5 Å². The molecule has 0 radical (unpaired) electrons. The van der Waals surface area contributed by atoms with Gasteiger partial charge in [0.1, 0.15) is 23.8 Å². The van der Waals surface area contributed by atoms with E-state index in [1.165, 1.54) is 14.0 Å². The molecule has 0 saturated carbocycles. The summed E-state index contributed by atoms with van der Waals surface area (Å²) in [5.41, 5.74) is -0.119. The first-order valence-corrected chi connectivity index (χ1v) is 19.3. The molecular formula is C40H68O12. The Morgan fingerprint density at radius 3 is 2.02 bits per heavy atom. The van der Waals surface area contributed by atoms with Gasteiger partial charge in [0.15, 0.2) is 5.79 Å². The molecule has 0 unspecified atom stereocenters. The molecule has 1 spiro atoms. The summed E-state index contributed by atoms with van der Waals surface area (Å²) in [4.78, 5) is 48.7. The summed E-state index contributed by atoms with van der Waals surface area (Å²) in [5, 5.41) is 41.3. The standard InChI is InChI=1S/C40H68O12/c1-22(2)36(50-35(46)20-30(42)19-27(7)39(47)48)38(49-10)33(45)21-32(44)28(8)31(43)13-11-25(5)37-26(6)16-18-40(52-37)17-15-24(4)34(51-40)14-12-23(3)29(9)41/h19,22-26,28,30-31,33-34,36-38,42-43,45H,11-18,20-21H2,1-10H3,(H,47,48)/b27-19+/t23-,24+,25+,26-,28-,30-,31-,33+,34-,36+,37-,38-,40+/m0/s1. The number of carbonyl (C=O) groups is 4. The second-order valence-corrected chi connectivity index (χ2v) is 16.2. The molecule has 12 heteroatoms. The highest BCUT2D eigenvalue weighted by Crippen LogP contribution is 2.45. The van der Waals surface area contributed by atoms with Gasteiger partial charge in [0, 0.05) is 43.8 Å². The number of Topliss-reactive ketones (excluding diaryl/α,β-unsaturated/α-hetero) is 2. The lowest BCUT2D eigenvalue weighted by Gasteiger charge is -2.51. The number of carboxylic acids is 1. The maximum absolute atomic E-state index is 13.3. The van der Waals surface area contributed by atoms with Crippen LogP contribution in [0.4, 0.5) is 0 Å². The van der Waals surface area contributed by atoms with E-state index in [4.69, 9.17) is 24.1 Å².